The van der Waals surface area contributed by atoms with E-state index in [2.05, 4.69) is 4.98 Å². The maximum Gasteiger partial charge on any atom is 0.305 e. The highest BCUT2D eigenvalue weighted by Gasteiger charge is 2.27. The lowest BCUT2D eigenvalue weighted by Crippen LogP contribution is -2.32. The molecule has 2 aromatic rings. The van der Waals surface area contributed by atoms with E-state index in [9.17, 15) is 9.59 Å². The van der Waals surface area contributed by atoms with Crippen molar-refractivity contribution in [3.05, 3.63) is 47.5 Å². The summed E-state index contributed by atoms with van der Waals surface area (Å²) in [6.45, 7) is 2.42. The molecule has 0 saturated carbocycles. The first-order valence-corrected chi connectivity index (χ1v) is 6.71. The molecular formula is C15H15N3O3. The lowest BCUT2D eigenvalue weighted by molar-refractivity contribution is -0.137. The summed E-state index contributed by atoms with van der Waals surface area (Å²) >= 11 is 0. The monoisotopic (exact) mass is 285 g/mol. The largest absolute Gasteiger partial charge is 0.481 e. The van der Waals surface area contributed by atoms with Gasteiger partial charge in [0.15, 0.2) is 0 Å². The first kappa shape index (κ1) is 13.4. The van der Waals surface area contributed by atoms with Gasteiger partial charge in [0.1, 0.15) is 5.82 Å². The minimum absolute atomic E-state index is 0.0758. The van der Waals surface area contributed by atoms with Crippen LogP contribution in [0.3, 0.4) is 0 Å². The molecule has 6 heteroatoms. The standard InChI is InChI=1S/C15H15N3O3/c1-10-8-16-13-9-17(7-6-14(19)20)15(21)11-4-2-3-5-12(11)18(10)13/h2-5,8H,6-7,9H2,1H3,(H,19,20). The van der Waals surface area contributed by atoms with Gasteiger partial charge in [0, 0.05) is 18.4 Å². The number of hydrogen-bond acceptors (Lipinski definition) is 3. The van der Waals surface area contributed by atoms with Crippen LogP contribution in [0.1, 0.15) is 28.3 Å². The molecule has 108 valence electrons. The van der Waals surface area contributed by atoms with Gasteiger partial charge in [-0.1, -0.05) is 12.1 Å². The Morgan fingerprint density at radius 3 is 2.90 bits per heavy atom. The number of carboxylic acids is 1. The van der Waals surface area contributed by atoms with Gasteiger partial charge in [-0.15, -0.1) is 0 Å². The molecule has 2 heterocycles. The molecule has 0 aliphatic carbocycles. The molecule has 1 aliphatic rings. The Hall–Kier alpha value is -2.63. The number of hydrogen-bond donors (Lipinski definition) is 1. The van der Waals surface area contributed by atoms with E-state index in [-0.39, 0.29) is 18.9 Å². The van der Waals surface area contributed by atoms with Crippen molar-refractivity contribution in [3.63, 3.8) is 0 Å². The predicted octanol–water partition coefficient (Wildman–Crippen LogP) is 1.61. The highest BCUT2D eigenvalue weighted by molar-refractivity contribution is 5.98. The summed E-state index contributed by atoms with van der Waals surface area (Å²) in [5.41, 5.74) is 2.32. The Morgan fingerprint density at radius 2 is 2.14 bits per heavy atom. The average molecular weight is 285 g/mol. The minimum atomic E-state index is -0.917. The lowest BCUT2D eigenvalue weighted by Gasteiger charge is -2.19. The van der Waals surface area contributed by atoms with Gasteiger partial charge in [0.2, 0.25) is 0 Å². The average Bonchev–Trinajstić information content (AvgIpc) is 2.77. The van der Waals surface area contributed by atoms with Crippen molar-refractivity contribution in [2.75, 3.05) is 6.54 Å². The summed E-state index contributed by atoms with van der Waals surface area (Å²) in [4.78, 5) is 29.3. The van der Waals surface area contributed by atoms with E-state index >= 15 is 0 Å². The second-order valence-electron chi connectivity index (χ2n) is 5.04. The van der Waals surface area contributed by atoms with Crippen LogP contribution in [0.5, 0.6) is 0 Å². The van der Waals surface area contributed by atoms with E-state index in [1.807, 2.05) is 29.7 Å². The third-order valence-corrected chi connectivity index (χ3v) is 3.60. The second-order valence-corrected chi connectivity index (χ2v) is 5.04. The molecule has 0 unspecified atom stereocenters. The number of carboxylic acid groups (broad SMARTS) is 1. The SMILES string of the molecule is Cc1cnc2n1-c1ccccc1C(=O)N(CCC(=O)O)C2. The van der Waals surface area contributed by atoms with Crippen LogP contribution < -0.4 is 0 Å². The molecule has 1 aromatic carbocycles. The van der Waals surface area contributed by atoms with Gasteiger partial charge in [0.25, 0.3) is 5.91 Å². The first-order chi connectivity index (χ1) is 10.1. The molecule has 0 fully saturated rings. The quantitative estimate of drug-likeness (QED) is 0.929. The van der Waals surface area contributed by atoms with Crippen LogP contribution in [0, 0.1) is 6.92 Å². The number of carbonyl (C=O) groups is 2. The summed E-state index contributed by atoms with van der Waals surface area (Å²) in [5.74, 6) is -0.326. The zero-order chi connectivity index (χ0) is 15.0. The van der Waals surface area contributed by atoms with Crippen LogP contribution in [0.25, 0.3) is 5.69 Å². The van der Waals surface area contributed by atoms with Gasteiger partial charge in [-0.05, 0) is 19.1 Å². The molecule has 1 aliphatic heterocycles. The maximum absolute atomic E-state index is 12.6. The summed E-state index contributed by atoms with van der Waals surface area (Å²) in [7, 11) is 0. The lowest BCUT2D eigenvalue weighted by atomic mass is 10.1. The Morgan fingerprint density at radius 1 is 1.38 bits per heavy atom. The smallest absolute Gasteiger partial charge is 0.305 e. The molecular weight excluding hydrogens is 270 g/mol. The first-order valence-electron chi connectivity index (χ1n) is 6.71. The number of aromatic nitrogens is 2. The fraction of sp³-hybridized carbons (Fsp3) is 0.267. The molecule has 0 atom stereocenters. The Kier molecular flexibility index (Phi) is 3.21. The fourth-order valence-electron chi connectivity index (χ4n) is 2.60. The van der Waals surface area contributed by atoms with Gasteiger partial charge >= 0.3 is 5.97 Å². The number of carbonyl (C=O) groups excluding carboxylic acids is 1. The second kappa shape index (κ2) is 5.05. The van der Waals surface area contributed by atoms with E-state index in [0.717, 1.165) is 17.2 Å². The number of benzene rings is 1. The zero-order valence-electron chi connectivity index (χ0n) is 11.6. The molecule has 0 bridgehead atoms. The zero-order valence-corrected chi connectivity index (χ0v) is 11.6. The predicted molar refractivity (Wildman–Crippen MR) is 75.3 cm³/mol. The summed E-state index contributed by atoms with van der Waals surface area (Å²) in [6, 6.07) is 7.33. The minimum Gasteiger partial charge on any atom is -0.481 e. The van der Waals surface area contributed by atoms with Gasteiger partial charge < -0.3 is 10.0 Å². The van der Waals surface area contributed by atoms with Crippen LogP contribution in [-0.4, -0.2) is 38.0 Å². The Bertz CT molecular complexity index is 721. The van der Waals surface area contributed by atoms with Crippen molar-refractivity contribution < 1.29 is 14.7 Å². The summed E-state index contributed by atoms with van der Waals surface area (Å²) in [5, 5.41) is 8.84. The van der Waals surface area contributed by atoms with Crippen molar-refractivity contribution in [2.45, 2.75) is 19.9 Å². The van der Waals surface area contributed by atoms with Gasteiger partial charge in [-0.3, -0.25) is 14.2 Å². The number of para-hydroxylation sites is 1. The molecule has 0 spiro atoms. The van der Waals surface area contributed by atoms with Gasteiger partial charge in [-0.2, -0.15) is 0 Å². The van der Waals surface area contributed by atoms with Crippen LogP contribution in [0.15, 0.2) is 30.5 Å². The van der Waals surface area contributed by atoms with Gasteiger partial charge in [-0.25, -0.2) is 4.98 Å². The van der Waals surface area contributed by atoms with E-state index in [1.165, 1.54) is 4.90 Å². The van der Waals surface area contributed by atoms with E-state index < -0.39 is 5.97 Å². The molecule has 21 heavy (non-hydrogen) atoms. The maximum atomic E-state index is 12.6. The number of amides is 1. The van der Waals surface area contributed by atoms with Crippen molar-refractivity contribution in [2.24, 2.45) is 0 Å². The third-order valence-electron chi connectivity index (χ3n) is 3.60. The van der Waals surface area contributed by atoms with Crippen molar-refractivity contribution in [1.29, 1.82) is 0 Å². The molecule has 3 rings (SSSR count). The van der Waals surface area contributed by atoms with E-state index in [4.69, 9.17) is 5.11 Å². The summed E-state index contributed by atoms with van der Waals surface area (Å²) in [6.07, 6.45) is 1.69. The molecule has 1 N–H and O–H groups in total. The number of imidazole rings is 1. The molecule has 0 radical (unpaired) electrons. The third kappa shape index (κ3) is 2.29. The number of rotatable bonds is 3. The van der Waals surface area contributed by atoms with Crippen LogP contribution in [0.2, 0.25) is 0 Å². The van der Waals surface area contributed by atoms with Crippen molar-refractivity contribution >= 4 is 11.9 Å². The van der Waals surface area contributed by atoms with Crippen LogP contribution >= 0.6 is 0 Å². The van der Waals surface area contributed by atoms with Crippen LogP contribution in [0.4, 0.5) is 0 Å². The van der Waals surface area contributed by atoms with Crippen LogP contribution in [-0.2, 0) is 11.3 Å². The highest BCUT2D eigenvalue weighted by Crippen LogP contribution is 2.25. The number of fused-ring (bicyclic) bond motifs is 3. The Labute approximate surface area is 121 Å². The van der Waals surface area contributed by atoms with Crippen molar-refractivity contribution in [3.8, 4) is 5.69 Å². The molecule has 1 aromatic heterocycles. The molecule has 1 amide bonds. The topological polar surface area (TPSA) is 75.4 Å². The Balaban J connectivity index is 2.09. The summed E-state index contributed by atoms with van der Waals surface area (Å²) < 4.78 is 1.95. The van der Waals surface area contributed by atoms with Gasteiger partial charge in [0.05, 0.1) is 24.2 Å². The van der Waals surface area contributed by atoms with E-state index in [1.54, 1.807) is 12.3 Å². The number of nitrogens with zero attached hydrogens (tertiary/aromatic N) is 3. The fourth-order valence-corrected chi connectivity index (χ4v) is 2.60. The van der Waals surface area contributed by atoms with E-state index in [0.29, 0.717) is 12.1 Å². The molecule has 0 saturated heterocycles. The highest BCUT2D eigenvalue weighted by atomic mass is 16.4. The number of aryl methyl sites for hydroxylation is 1. The normalized spacial score (nSPS) is 13.6. The number of aliphatic carboxylic acids is 1. The molecule has 6 nitrogen and oxygen atoms in total. The van der Waals surface area contributed by atoms with Crippen molar-refractivity contribution in [1.82, 2.24) is 14.5 Å².